The third kappa shape index (κ3) is 4.21. The van der Waals surface area contributed by atoms with Crippen molar-refractivity contribution in [3.8, 4) is 0 Å². The number of nitrogens with zero attached hydrogens (tertiary/aromatic N) is 4. The summed E-state index contributed by atoms with van der Waals surface area (Å²) in [5.74, 6) is 0.720. The van der Waals surface area contributed by atoms with Gasteiger partial charge in [0, 0.05) is 44.0 Å². The number of hydrogen-bond donors (Lipinski definition) is 1. The van der Waals surface area contributed by atoms with Crippen molar-refractivity contribution >= 4 is 15.8 Å². The van der Waals surface area contributed by atoms with Crippen LogP contribution >= 0.6 is 0 Å². The lowest BCUT2D eigenvalue weighted by molar-refractivity contribution is 0.428. The van der Waals surface area contributed by atoms with Crippen LogP contribution in [0.25, 0.3) is 0 Å². The number of fused-ring (bicyclic) bond motifs is 1. The largest absolute Gasteiger partial charge is 0.366 e. The summed E-state index contributed by atoms with van der Waals surface area (Å²) in [4.78, 5) is 12.8. The zero-order valence-electron chi connectivity index (χ0n) is 13.9. The first-order chi connectivity index (χ1) is 12.1. The van der Waals surface area contributed by atoms with Crippen molar-refractivity contribution in [1.29, 1.82) is 0 Å². The number of aromatic nitrogens is 3. The molecule has 0 unspecified atom stereocenters. The normalized spacial score (nSPS) is 15.2. The quantitative estimate of drug-likeness (QED) is 0.785. The summed E-state index contributed by atoms with van der Waals surface area (Å²) in [6.07, 6.45) is 7.65. The molecule has 1 aliphatic heterocycles. The second-order valence-electron chi connectivity index (χ2n) is 5.83. The van der Waals surface area contributed by atoms with Crippen LogP contribution in [-0.2, 0) is 29.4 Å². The molecule has 132 valence electrons. The van der Waals surface area contributed by atoms with Crippen molar-refractivity contribution in [3.05, 3.63) is 60.3 Å². The molecule has 2 aromatic rings. The third-order valence-corrected chi connectivity index (χ3v) is 5.96. The lowest BCUT2D eigenvalue weighted by Crippen LogP contribution is -2.34. The summed E-state index contributed by atoms with van der Waals surface area (Å²) in [6, 6.07) is 3.88. The minimum absolute atomic E-state index is 0.0405. The van der Waals surface area contributed by atoms with Crippen LogP contribution in [0.1, 0.15) is 16.8 Å². The zero-order chi connectivity index (χ0) is 17.7. The van der Waals surface area contributed by atoms with E-state index in [9.17, 15) is 8.42 Å². The highest BCUT2D eigenvalue weighted by atomic mass is 32.2. The topological polar surface area (TPSA) is 88.1 Å². The minimum atomic E-state index is -3.30. The first-order valence-corrected chi connectivity index (χ1v) is 9.75. The highest BCUT2D eigenvalue weighted by Crippen LogP contribution is 2.22. The smallest absolute Gasteiger partial charge is 0.217 e. The van der Waals surface area contributed by atoms with Gasteiger partial charge in [0.05, 0.1) is 11.4 Å². The van der Waals surface area contributed by atoms with E-state index in [-0.39, 0.29) is 5.75 Å². The second kappa shape index (κ2) is 7.71. The van der Waals surface area contributed by atoms with Gasteiger partial charge in [0.1, 0.15) is 12.1 Å². The monoisotopic (exact) mass is 359 g/mol. The van der Waals surface area contributed by atoms with E-state index in [4.69, 9.17) is 0 Å². The first-order valence-electron chi connectivity index (χ1n) is 8.14. The molecular formula is C17H21N5O2S. The summed E-state index contributed by atoms with van der Waals surface area (Å²) >= 11 is 0. The molecule has 1 aliphatic rings. The van der Waals surface area contributed by atoms with Crippen LogP contribution in [0.5, 0.6) is 0 Å². The van der Waals surface area contributed by atoms with Gasteiger partial charge < -0.3 is 5.32 Å². The van der Waals surface area contributed by atoms with Gasteiger partial charge in [-0.2, -0.15) is 0 Å². The van der Waals surface area contributed by atoms with Crippen LogP contribution in [0.15, 0.2) is 43.5 Å². The van der Waals surface area contributed by atoms with Crippen molar-refractivity contribution in [2.45, 2.75) is 19.4 Å². The molecule has 7 nitrogen and oxygen atoms in total. The molecule has 0 amide bonds. The van der Waals surface area contributed by atoms with Crippen molar-refractivity contribution < 1.29 is 8.42 Å². The summed E-state index contributed by atoms with van der Waals surface area (Å²) in [7, 11) is -3.30. The predicted molar refractivity (Wildman–Crippen MR) is 96.6 cm³/mol. The van der Waals surface area contributed by atoms with Crippen molar-refractivity contribution in [1.82, 2.24) is 19.3 Å². The van der Waals surface area contributed by atoms with Crippen molar-refractivity contribution in [2.24, 2.45) is 0 Å². The summed E-state index contributed by atoms with van der Waals surface area (Å²) < 4.78 is 26.1. The van der Waals surface area contributed by atoms with Crippen LogP contribution in [0.3, 0.4) is 0 Å². The maximum Gasteiger partial charge on any atom is 0.217 e. The molecule has 0 saturated heterocycles. The third-order valence-electron chi connectivity index (χ3n) is 4.15. The van der Waals surface area contributed by atoms with Crippen LogP contribution in [0.2, 0.25) is 0 Å². The molecule has 1 N–H and O–H groups in total. The Morgan fingerprint density at radius 3 is 2.88 bits per heavy atom. The Labute approximate surface area is 147 Å². The van der Waals surface area contributed by atoms with E-state index in [2.05, 4.69) is 26.8 Å². The number of nitrogens with one attached hydrogen (secondary N) is 1. The van der Waals surface area contributed by atoms with Gasteiger partial charge in [-0.15, -0.1) is 6.58 Å². The molecule has 25 heavy (non-hydrogen) atoms. The van der Waals surface area contributed by atoms with Gasteiger partial charge in [0.2, 0.25) is 10.0 Å². The van der Waals surface area contributed by atoms with E-state index in [0.717, 1.165) is 22.6 Å². The highest BCUT2D eigenvalue weighted by molar-refractivity contribution is 7.89. The lowest BCUT2D eigenvalue weighted by atomic mass is 10.1. The summed E-state index contributed by atoms with van der Waals surface area (Å²) in [5, 5.41) is 3.32. The minimum Gasteiger partial charge on any atom is -0.366 e. The Morgan fingerprint density at radius 1 is 1.28 bits per heavy atom. The van der Waals surface area contributed by atoms with Crippen molar-refractivity contribution in [2.75, 3.05) is 24.2 Å². The Kier molecular flexibility index (Phi) is 5.40. The standard InChI is InChI=1S/C17H21N5O2S/c1-2-10-25(23,24)22-8-5-15-16(6-9-22)20-13-21-17(15)19-12-14-4-3-7-18-11-14/h2-4,7,11,13H,1,5-6,8-10,12H2,(H,19,20,21). The molecule has 0 saturated carbocycles. The fourth-order valence-electron chi connectivity index (χ4n) is 2.88. The molecule has 0 radical (unpaired) electrons. The Morgan fingerprint density at radius 2 is 2.12 bits per heavy atom. The molecule has 0 fully saturated rings. The van der Waals surface area contributed by atoms with Gasteiger partial charge in [0.15, 0.2) is 0 Å². The van der Waals surface area contributed by atoms with E-state index in [1.807, 2.05) is 12.1 Å². The highest BCUT2D eigenvalue weighted by Gasteiger charge is 2.25. The summed E-state index contributed by atoms with van der Waals surface area (Å²) in [5.41, 5.74) is 2.95. The van der Waals surface area contributed by atoms with E-state index < -0.39 is 10.0 Å². The molecule has 0 atom stereocenters. The van der Waals surface area contributed by atoms with Gasteiger partial charge in [-0.3, -0.25) is 4.98 Å². The van der Waals surface area contributed by atoms with E-state index in [0.29, 0.717) is 32.5 Å². The SMILES string of the molecule is C=CCS(=O)(=O)N1CCc2ncnc(NCc3cccnc3)c2CC1. The van der Waals surface area contributed by atoms with Crippen LogP contribution in [0, 0.1) is 0 Å². The maximum atomic E-state index is 12.3. The maximum absolute atomic E-state index is 12.3. The summed E-state index contributed by atoms with van der Waals surface area (Å²) in [6.45, 7) is 5.00. The molecule has 0 aliphatic carbocycles. The number of anilines is 1. The van der Waals surface area contributed by atoms with Crippen LogP contribution < -0.4 is 5.32 Å². The van der Waals surface area contributed by atoms with Crippen molar-refractivity contribution in [3.63, 3.8) is 0 Å². The molecular weight excluding hydrogens is 338 g/mol. The average Bonchev–Trinajstić information content (AvgIpc) is 2.84. The number of pyridine rings is 1. The number of sulfonamides is 1. The molecule has 8 heteroatoms. The molecule has 3 heterocycles. The van der Waals surface area contributed by atoms with Gasteiger partial charge in [0.25, 0.3) is 0 Å². The van der Waals surface area contributed by atoms with Gasteiger partial charge in [-0.1, -0.05) is 12.1 Å². The van der Waals surface area contributed by atoms with E-state index in [1.165, 1.54) is 16.7 Å². The molecule has 3 rings (SSSR count). The van der Waals surface area contributed by atoms with E-state index >= 15 is 0 Å². The Balaban J connectivity index is 1.76. The fourth-order valence-corrected chi connectivity index (χ4v) is 4.13. The average molecular weight is 359 g/mol. The lowest BCUT2D eigenvalue weighted by Gasteiger charge is -2.18. The van der Waals surface area contributed by atoms with Gasteiger partial charge in [-0.05, 0) is 18.1 Å². The Bertz CT molecular complexity index is 839. The molecule has 2 aromatic heterocycles. The van der Waals surface area contributed by atoms with Gasteiger partial charge in [-0.25, -0.2) is 22.7 Å². The second-order valence-corrected chi connectivity index (χ2v) is 7.84. The molecule has 0 spiro atoms. The first kappa shape index (κ1) is 17.5. The predicted octanol–water partition coefficient (Wildman–Crippen LogP) is 1.40. The van der Waals surface area contributed by atoms with Crippen LogP contribution in [-0.4, -0.2) is 46.5 Å². The van der Waals surface area contributed by atoms with Gasteiger partial charge >= 0.3 is 0 Å². The fraction of sp³-hybridized carbons (Fsp3) is 0.353. The van der Waals surface area contributed by atoms with Crippen LogP contribution in [0.4, 0.5) is 5.82 Å². The Hall–Kier alpha value is -2.32. The molecule has 0 aromatic carbocycles. The number of hydrogen-bond acceptors (Lipinski definition) is 6. The zero-order valence-corrected chi connectivity index (χ0v) is 14.7. The molecule has 0 bridgehead atoms. The number of rotatable bonds is 6. The van der Waals surface area contributed by atoms with E-state index in [1.54, 1.807) is 12.4 Å².